The maximum Gasteiger partial charge on any atom is 0.408 e. The van der Waals surface area contributed by atoms with Gasteiger partial charge in [-0.25, -0.2) is 9.59 Å². The Morgan fingerprint density at radius 3 is 2.17 bits per heavy atom. The van der Waals surface area contributed by atoms with E-state index < -0.39 is 43.0 Å². The Morgan fingerprint density at radius 2 is 1.63 bits per heavy atom. The molecule has 3 rings (SSSR count). The van der Waals surface area contributed by atoms with Crippen LogP contribution < -0.4 is 10.6 Å². The van der Waals surface area contributed by atoms with Crippen molar-refractivity contribution in [3.63, 3.8) is 0 Å². The molecule has 1 aliphatic carbocycles. The maximum atomic E-state index is 13.4. The molecule has 0 bridgehead atoms. The number of alkyl carbamates (subject to hydrolysis) is 1. The van der Waals surface area contributed by atoms with Gasteiger partial charge in [-0.2, -0.15) is 13.2 Å². The molecule has 0 saturated heterocycles. The third kappa shape index (κ3) is 6.62. The lowest BCUT2D eigenvalue weighted by molar-refractivity contribution is -0.156. The lowest BCUT2D eigenvalue weighted by Crippen LogP contribution is -2.46. The molecule has 0 heterocycles. The number of amides is 2. The summed E-state index contributed by atoms with van der Waals surface area (Å²) < 4.78 is 45.5. The zero-order valence-corrected chi connectivity index (χ0v) is 18.9. The lowest BCUT2D eigenvalue weighted by atomic mass is 9.98. The summed E-state index contributed by atoms with van der Waals surface area (Å²) in [5.74, 6) is -2.17. The number of ether oxygens (including phenoxy) is 1. The standard InChI is InChI=1S/C25H25F3N2O5/c1-15(23(32)33)12-13-29-22(31)11-10-21(25(26,27)28)30-24(34)35-14-20-18-8-4-2-6-16(18)17-7-3-5-9-19(17)20/h2-9,12,20-21H,10-11,13-14H2,1H3,(H,29,31)(H,30,34)(H,32,33)/b15-12+/t21-/m0/s1. The smallest absolute Gasteiger partial charge is 0.408 e. The third-order valence-electron chi connectivity index (χ3n) is 5.74. The molecule has 0 aliphatic heterocycles. The number of alkyl halides is 3. The molecule has 2 aromatic rings. The van der Waals surface area contributed by atoms with E-state index in [0.717, 1.165) is 22.3 Å². The van der Waals surface area contributed by atoms with Gasteiger partial charge < -0.3 is 20.5 Å². The number of carboxylic acid groups (broad SMARTS) is 1. The van der Waals surface area contributed by atoms with Crippen LogP contribution >= 0.6 is 0 Å². The van der Waals surface area contributed by atoms with Crippen LogP contribution in [0, 0.1) is 0 Å². The minimum absolute atomic E-state index is 0.00427. The second-order valence-corrected chi connectivity index (χ2v) is 8.10. The molecule has 1 aliphatic rings. The topological polar surface area (TPSA) is 105 Å². The highest BCUT2D eigenvalue weighted by atomic mass is 19.4. The predicted molar refractivity (Wildman–Crippen MR) is 122 cm³/mol. The Hall–Kier alpha value is -3.82. The molecule has 1 atom stereocenters. The number of carboxylic acids is 1. The van der Waals surface area contributed by atoms with Gasteiger partial charge in [0, 0.05) is 24.5 Å². The fourth-order valence-corrected chi connectivity index (χ4v) is 3.87. The molecule has 2 amide bonds. The SMILES string of the molecule is C/C(=C\CNC(=O)CC[C@H](NC(=O)OCC1c2ccccc2-c2ccccc21)C(F)(F)F)C(=O)O. The summed E-state index contributed by atoms with van der Waals surface area (Å²) in [7, 11) is 0. The van der Waals surface area contributed by atoms with Gasteiger partial charge in [-0.05, 0) is 35.6 Å². The fraction of sp³-hybridized carbons (Fsp3) is 0.320. The van der Waals surface area contributed by atoms with Crippen molar-refractivity contribution in [3.05, 3.63) is 71.3 Å². The summed E-state index contributed by atoms with van der Waals surface area (Å²) in [6.45, 7) is 1.06. The Kier molecular flexibility index (Phi) is 8.16. The molecule has 186 valence electrons. The van der Waals surface area contributed by atoms with Crippen LogP contribution in [0.5, 0.6) is 0 Å². The van der Waals surface area contributed by atoms with Crippen molar-refractivity contribution in [2.75, 3.05) is 13.2 Å². The van der Waals surface area contributed by atoms with Gasteiger partial charge >= 0.3 is 18.2 Å². The molecular formula is C25H25F3N2O5. The number of carbonyl (C=O) groups is 3. The fourth-order valence-electron chi connectivity index (χ4n) is 3.87. The van der Waals surface area contributed by atoms with Crippen LogP contribution in [0.1, 0.15) is 36.8 Å². The second kappa shape index (κ2) is 11.1. The van der Waals surface area contributed by atoms with E-state index in [1.165, 1.54) is 13.0 Å². The predicted octanol–water partition coefficient (Wildman–Crippen LogP) is 4.38. The van der Waals surface area contributed by atoms with Crippen molar-refractivity contribution >= 4 is 18.0 Å². The highest BCUT2D eigenvalue weighted by Gasteiger charge is 2.41. The summed E-state index contributed by atoms with van der Waals surface area (Å²) in [5, 5.41) is 12.9. The summed E-state index contributed by atoms with van der Waals surface area (Å²) in [5.41, 5.74) is 3.83. The first-order chi connectivity index (χ1) is 16.6. The summed E-state index contributed by atoms with van der Waals surface area (Å²) in [6.07, 6.45) is -5.99. The monoisotopic (exact) mass is 490 g/mol. The Bertz CT molecular complexity index is 1080. The van der Waals surface area contributed by atoms with E-state index in [0.29, 0.717) is 0 Å². The van der Waals surface area contributed by atoms with Crippen LogP contribution in [-0.2, 0) is 14.3 Å². The number of carbonyl (C=O) groups excluding carboxylic acids is 2. The Balaban J connectivity index is 1.55. The van der Waals surface area contributed by atoms with Crippen LogP contribution in [0.2, 0.25) is 0 Å². The Labute approximate surface area is 200 Å². The van der Waals surface area contributed by atoms with Crippen molar-refractivity contribution in [2.45, 2.75) is 37.9 Å². The zero-order valence-electron chi connectivity index (χ0n) is 18.9. The van der Waals surface area contributed by atoms with E-state index in [1.54, 1.807) is 0 Å². The van der Waals surface area contributed by atoms with Gasteiger partial charge in [0.05, 0.1) is 0 Å². The normalized spacial score (nSPS) is 14.0. The highest BCUT2D eigenvalue weighted by Crippen LogP contribution is 2.44. The van der Waals surface area contributed by atoms with E-state index in [9.17, 15) is 27.6 Å². The molecule has 3 N–H and O–H groups in total. The summed E-state index contributed by atoms with van der Waals surface area (Å²) in [4.78, 5) is 34.8. The van der Waals surface area contributed by atoms with Crippen molar-refractivity contribution in [3.8, 4) is 11.1 Å². The van der Waals surface area contributed by atoms with Crippen LogP contribution in [0.25, 0.3) is 11.1 Å². The van der Waals surface area contributed by atoms with Gasteiger partial charge in [0.15, 0.2) is 0 Å². The van der Waals surface area contributed by atoms with E-state index in [-0.39, 0.29) is 24.6 Å². The summed E-state index contributed by atoms with van der Waals surface area (Å²) >= 11 is 0. The van der Waals surface area contributed by atoms with Crippen LogP contribution in [0.4, 0.5) is 18.0 Å². The molecule has 0 radical (unpaired) electrons. The first-order valence-electron chi connectivity index (χ1n) is 10.9. The highest BCUT2D eigenvalue weighted by molar-refractivity contribution is 5.86. The molecule has 7 nitrogen and oxygen atoms in total. The van der Waals surface area contributed by atoms with Crippen molar-refractivity contribution < 1.29 is 37.4 Å². The van der Waals surface area contributed by atoms with Gasteiger partial charge in [-0.3, -0.25) is 4.79 Å². The van der Waals surface area contributed by atoms with Crippen LogP contribution in [0.3, 0.4) is 0 Å². The molecular weight excluding hydrogens is 465 g/mol. The minimum Gasteiger partial charge on any atom is -0.478 e. The van der Waals surface area contributed by atoms with E-state index in [4.69, 9.17) is 9.84 Å². The molecule has 0 saturated carbocycles. The number of rotatable bonds is 9. The third-order valence-corrected chi connectivity index (χ3v) is 5.74. The van der Waals surface area contributed by atoms with E-state index in [2.05, 4.69) is 5.32 Å². The number of nitrogens with one attached hydrogen (secondary N) is 2. The van der Waals surface area contributed by atoms with Gasteiger partial charge in [0.2, 0.25) is 5.91 Å². The number of fused-ring (bicyclic) bond motifs is 3. The van der Waals surface area contributed by atoms with Crippen LogP contribution in [0.15, 0.2) is 60.2 Å². The van der Waals surface area contributed by atoms with Gasteiger partial charge in [0.25, 0.3) is 0 Å². The van der Waals surface area contributed by atoms with Gasteiger partial charge in [-0.15, -0.1) is 0 Å². The van der Waals surface area contributed by atoms with Crippen molar-refractivity contribution in [2.24, 2.45) is 0 Å². The number of hydrogen-bond acceptors (Lipinski definition) is 4. The first kappa shape index (κ1) is 25.8. The van der Waals surface area contributed by atoms with E-state index in [1.807, 2.05) is 53.8 Å². The average Bonchev–Trinajstić information content (AvgIpc) is 3.13. The van der Waals surface area contributed by atoms with Gasteiger partial charge in [0.1, 0.15) is 12.6 Å². The molecule has 2 aromatic carbocycles. The van der Waals surface area contributed by atoms with E-state index >= 15 is 0 Å². The van der Waals surface area contributed by atoms with Crippen molar-refractivity contribution in [1.82, 2.24) is 10.6 Å². The largest absolute Gasteiger partial charge is 0.478 e. The summed E-state index contributed by atoms with van der Waals surface area (Å²) in [6, 6.07) is 12.9. The molecule has 35 heavy (non-hydrogen) atoms. The molecule has 10 heteroatoms. The average molecular weight is 490 g/mol. The number of hydrogen-bond donors (Lipinski definition) is 3. The van der Waals surface area contributed by atoms with Gasteiger partial charge in [-0.1, -0.05) is 54.6 Å². The zero-order chi connectivity index (χ0) is 25.6. The molecule has 0 spiro atoms. The van der Waals surface area contributed by atoms with Crippen molar-refractivity contribution in [1.29, 1.82) is 0 Å². The number of halogens is 3. The Morgan fingerprint density at radius 1 is 1.06 bits per heavy atom. The molecule has 0 aromatic heterocycles. The minimum atomic E-state index is -4.79. The quantitative estimate of drug-likeness (QED) is 0.453. The molecule has 0 unspecified atom stereocenters. The second-order valence-electron chi connectivity index (χ2n) is 8.10. The lowest BCUT2D eigenvalue weighted by Gasteiger charge is -2.22. The first-order valence-corrected chi connectivity index (χ1v) is 10.9. The number of aliphatic carboxylic acids is 1. The number of benzene rings is 2. The van der Waals surface area contributed by atoms with Crippen LogP contribution in [-0.4, -0.2) is 48.4 Å². The maximum absolute atomic E-state index is 13.4. The molecule has 0 fully saturated rings.